The van der Waals surface area contributed by atoms with Gasteiger partial charge < -0.3 is 24.8 Å². The minimum atomic E-state index is -0.918. The first kappa shape index (κ1) is 29.4. The summed E-state index contributed by atoms with van der Waals surface area (Å²) in [5, 5.41) is 5.69. The highest BCUT2D eigenvalue weighted by atomic mass is 16.6. The summed E-state index contributed by atoms with van der Waals surface area (Å²) >= 11 is 0. The zero-order valence-electron chi connectivity index (χ0n) is 23.3. The van der Waals surface area contributed by atoms with Crippen LogP contribution in [0.25, 0.3) is 0 Å². The predicted octanol–water partition coefficient (Wildman–Crippen LogP) is 2.44. The summed E-state index contributed by atoms with van der Waals surface area (Å²) < 4.78 is 15.7. The van der Waals surface area contributed by atoms with E-state index in [0.717, 1.165) is 11.1 Å². The minimum absolute atomic E-state index is 0.0914. The Morgan fingerprint density at radius 2 is 1.62 bits per heavy atom. The molecule has 2 heterocycles. The van der Waals surface area contributed by atoms with Crippen molar-refractivity contribution in [1.29, 1.82) is 0 Å². The summed E-state index contributed by atoms with van der Waals surface area (Å²) in [4.78, 5) is 52.6. The number of amides is 2. The SMILES string of the molecule is COc1ccc(C[C@H](CC(=O)[C@H](C)NC(=O)CC2COC2)C(=O)N[C@@H](Cc2ccccc2)C(=O)[C@@]2(C)CO2)cc1. The molecular formula is C31H38N2O7. The van der Waals surface area contributed by atoms with Crippen molar-refractivity contribution in [2.75, 3.05) is 26.9 Å². The Bertz CT molecular complexity index is 1190. The third kappa shape index (κ3) is 7.99. The van der Waals surface area contributed by atoms with Crippen LogP contribution < -0.4 is 15.4 Å². The van der Waals surface area contributed by atoms with Crippen molar-refractivity contribution in [3.8, 4) is 5.75 Å². The van der Waals surface area contributed by atoms with Gasteiger partial charge in [-0.05, 0) is 49.9 Å². The summed E-state index contributed by atoms with van der Waals surface area (Å²) in [6.07, 6.45) is 0.802. The number of methoxy groups -OCH3 is 1. The van der Waals surface area contributed by atoms with Crippen LogP contribution in [0.4, 0.5) is 0 Å². The van der Waals surface area contributed by atoms with Gasteiger partial charge in [0.25, 0.3) is 0 Å². The smallest absolute Gasteiger partial charge is 0.224 e. The highest BCUT2D eigenvalue weighted by Crippen LogP contribution is 2.29. The van der Waals surface area contributed by atoms with Gasteiger partial charge in [-0.1, -0.05) is 42.5 Å². The Labute approximate surface area is 234 Å². The first-order chi connectivity index (χ1) is 19.2. The van der Waals surface area contributed by atoms with Crippen molar-refractivity contribution < 1.29 is 33.4 Å². The van der Waals surface area contributed by atoms with Gasteiger partial charge in [0.15, 0.2) is 11.6 Å². The molecule has 0 saturated carbocycles. The number of Topliss-reactive ketones (excluding diaryl/α,β-unsaturated/α-hetero) is 2. The lowest BCUT2D eigenvalue weighted by molar-refractivity contribution is -0.135. The number of ether oxygens (including phenoxy) is 3. The van der Waals surface area contributed by atoms with Gasteiger partial charge >= 0.3 is 0 Å². The molecule has 0 bridgehead atoms. The fourth-order valence-electron chi connectivity index (χ4n) is 4.74. The van der Waals surface area contributed by atoms with Crippen LogP contribution in [0.1, 0.15) is 37.8 Å². The molecule has 0 radical (unpaired) electrons. The lowest BCUT2D eigenvalue weighted by Gasteiger charge is -2.26. The zero-order valence-corrected chi connectivity index (χ0v) is 23.3. The average molecular weight is 551 g/mol. The second kappa shape index (κ2) is 13.2. The highest BCUT2D eigenvalue weighted by molar-refractivity contribution is 5.98. The molecule has 2 aliphatic rings. The van der Waals surface area contributed by atoms with Crippen LogP contribution in [-0.2, 0) is 41.5 Å². The van der Waals surface area contributed by atoms with Gasteiger partial charge in [-0.15, -0.1) is 0 Å². The van der Waals surface area contributed by atoms with E-state index in [-0.39, 0.29) is 36.2 Å². The Hall–Kier alpha value is -3.56. The number of hydrogen-bond donors (Lipinski definition) is 2. The normalized spacial score (nSPS) is 20.4. The van der Waals surface area contributed by atoms with Crippen molar-refractivity contribution in [2.45, 2.75) is 57.2 Å². The quantitative estimate of drug-likeness (QED) is 0.327. The first-order valence-corrected chi connectivity index (χ1v) is 13.7. The number of carbonyl (C=O) groups excluding carboxylic acids is 4. The van der Waals surface area contributed by atoms with E-state index in [1.807, 2.05) is 42.5 Å². The second-order valence-electron chi connectivity index (χ2n) is 11.0. The van der Waals surface area contributed by atoms with E-state index >= 15 is 0 Å². The number of epoxide rings is 1. The summed E-state index contributed by atoms with van der Waals surface area (Å²) in [5.74, 6) is -0.953. The van der Waals surface area contributed by atoms with Crippen molar-refractivity contribution in [2.24, 2.45) is 11.8 Å². The average Bonchev–Trinajstić information content (AvgIpc) is 3.68. The number of carbonyl (C=O) groups is 4. The van der Waals surface area contributed by atoms with Gasteiger partial charge in [0.05, 0.1) is 39.0 Å². The maximum atomic E-state index is 13.7. The molecule has 214 valence electrons. The second-order valence-corrected chi connectivity index (χ2v) is 11.0. The third-order valence-electron chi connectivity index (χ3n) is 7.52. The van der Waals surface area contributed by atoms with Gasteiger partial charge in [0.1, 0.15) is 11.4 Å². The fourth-order valence-corrected chi connectivity index (χ4v) is 4.74. The van der Waals surface area contributed by atoms with Crippen LogP contribution in [0, 0.1) is 11.8 Å². The van der Waals surface area contributed by atoms with Crippen molar-refractivity contribution >= 4 is 23.4 Å². The topological polar surface area (TPSA) is 123 Å². The molecule has 0 aliphatic carbocycles. The lowest BCUT2D eigenvalue weighted by atomic mass is 9.89. The molecule has 4 atom stereocenters. The number of benzene rings is 2. The van der Waals surface area contributed by atoms with Crippen LogP contribution in [0.5, 0.6) is 5.75 Å². The van der Waals surface area contributed by atoms with E-state index in [1.165, 1.54) is 0 Å². The molecule has 4 rings (SSSR count). The summed E-state index contributed by atoms with van der Waals surface area (Å²) in [7, 11) is 1.57. The Morgan fingerprint density at radius 3 is 2.20 bits per heavy atom. The largest absolute Gasteiger partial charge is 0.497 e. The minimum Gasteiger partial charge on any atom is -0.497 e. The molecule has 2 fully saturated rings. The van der Waals surface area contributed by atoms with Crippen LogP contribution in [0.15, 0.2) is 54.6 Å². The molecule has 2 amide bonds. The molecule has 2 aliphatic heterocycles. The summed E-state index contributed by atoms with van der Waals surface area (Å²) in [6, 6.07) is 15.2. The third-order valence-corrected chi connectivity index (χ3v) is 7.52. The maximum absolute atomic E-state index is 13.7. The van der Waals surface area contributed by atoms with Gasteiger partial charge in [-0.3, -0.25) is 19.2 Å². The molecule has 40 heavy (non-hydrogen) atoms. The molecule has 9 nitrogen and oxygen atoms in total. The monoisotopic (exact) mass is 550 g/mol. The Kier molecular flexibility index (Phi) is 9.71. The van der Waals surface area contributed by atoms with Gasteiger partial charge in [0, 0.05) is 24.7 Å². The zero-order chi connectivity index (χ0) is 28.7. The molecule has 2 aromatic carbocycles. The van der Waals surface area contributed by atoms with Gasteiger partial charge in [-0.25, -0.2) is 0 Å². The van der Waals surface area contributed by atoms with Gasteiger partial charge in [-0.2, -0.15) is 0 Å². The van der Waals surface area contributed by atoms with Crippen molar-refractivity contribution in [1.82, 2.24) is 10.6 Å². The molecule has 2 aromatic rings. The van der Waals surface area contributed by atoms with Gasteiger partial charge in [0.2, 0.25) is 11.8 Å². The van der Waals surface area contributed by atoms with E-state index in [1.54, 1.807) is 33.1 Å². The molecule has 0 unspecified atom stereocenters. The lowest BCUT2D eigenvalue weighted by Crippen LogP contribution is -2.50. The molecule has 0 aromatic heterocycles. The number of hydrogen-bond acceptors (Lipinski definition) is 7. The van der Waals surface area contributed by atoms with Crippen LogP contribution in [0.2, 0.25) is 0 Å². The van der Waals surface area contributed by atoms with E-state index in [4.69, 9.17) is 14.2 Å². The van der Waals surface area contributed by atoms with Crippen LogP contribution in [0.3, 0.4) is 0 Å². The molecule has 0 spiro atoms. The number of nitrogens with one attached hydrogen (secondary N) is 2. The predicted molar refractivity (Wildman–Crippen MR) is 148 cm³/mol. The first-order valence-electron chi connectivity index (χ1n) is 13.7. The van der Waals surface area contributed by atoms with Crippen LogP contribution in [-0.4, -0.2) is 68.0 Å². The molecule has 2 saturated heterocycles. The fraction of sp³-hybridized carbons (Fsp3) is 0.484. The van der Waals surface area contributed by atoms with E-state index in [9.17, 15) is 19.2 Å². The van der Waals surface area contributed by atoms with Crippen LogP contribution >= 0.6 is 0 Å². The Morgan fingerprint density at radius 1 is 0.975 bits per heavy atom. The maximum Gasteiger partial charge on any atom is 0.224 e. The van der Waals surface area contributed by atoms with Crippen molar-refractivity contribution in [3.05, 3.63) is 65.7 Å². The summed E-state index contributed by atoms with van der Waals surface area (Å²) in [6.45, 7) is 4.76. The highest BCUT2D eigenvalue weighted by Gasteiger charge is 2.50. The van der Waals surface area contributed by atoms with Crippen molar-refractivity contribution in [3.63, 3.8) is 0 Å². The Balaban J connectivity index is 1.48. The number of rotatable bonds is 15. The molecule has 9 heteroatoms. The van der Waals surface area contributed by atoms with E-state index in [2.05, 4.69) is 10.6 Å². The van der Waals surface area contributed by atoms with E-state index < -0.39 is 29.5 Å². The number of ketones is 2. The summed E-state index contributed by atoms with van der Waals surface area (Å²) in [5.41, 5.74) is 0.832. The standard InChI is InChI=1S/C31H38N2O7/c1-20(32-28(35)15-23-17-39-18-23)27(34)16-24(13-22-9-11-25(38-3)12-10-22)30(37)33-26(29(36)31(2)19-40-31)14-21-7-5-4-6-8-21/h4-12,20,23-24,26H,13-19H2,1-3H3,(H,32,35)(H,33,37)/t20-,24+,26-,31+/m0/s1. The van der Waals surface area contributed by atoms with E-state index in [0.29, 0.717) is 38.4 Å². The molecular weight excluding hydrogens is 512 g/mol. The molecule has 2 N–H and O–H groups in total.